The van der Waals surface area contributed by atoms with Crippen molar-refractivity contribution in [2.45, 2.75) is 199 Å². The molecule has 20 heteroatoms. The molecule has 2 bridgehead atoms. The van der Waals surface area contributed by atoms with Crippen LogP contribution in [0.25, 0.3) is 10.8 Å². The van der Waals surface area contributed by atoms with E-state index >= 15 is 0 Å². The summed E-state index contributed by atoms with van der Waals surface area (Å²) >= 11 is 0. The summed E-state index contributed by atoms with van der Waals surface area (Å²) < 4.78 is 94.2. The second-order valence-corrected chi connectivity index (χ2v) is 29.6. The molecule has 3 heterocycles. The Balaban J connectivity index is 0.000000209. The Morgan fingerprint density at radius 3 is 1.43 bits per heavy atom. The number of aromatic hydroxyl groups is 1. The molecule has 500 valence electrons. The summed E-state index contributed by atoms with van der Waals surface area (Å²) in [6, 6.07) is 49.8. The van der Waals surface area contributed by atoms with Gasteiger partial charge in [0.05, 0.1) is 44.6 Å². The number of halogens is 2. The number of hydrogen-bond donors (Lipinski definition) is 1. The first-order valence-electron chi connectivity index (χ1n) is 30.8. The van der Waals surface area contributed by atoms with E-state index in [4.69, 9.17) is 28.4 Å². The van der Waals surface area contributed by atoms with Gasteiger partial charge in [0.1, 0.15) is 34.7 Å². The van der Waals surface area contributed by atoms with Gasteiger partial charge < -0.3 is 42.8 Å². The molecule has 3 aliphatic heterocycles. The van der Waals surface area contributed by atoms with Crippen molar-refractivity contribution in [2.24, 2.45) is 27.6 Å². The molecule has 0 aromatic heterocycles. The van der Waals surface area contributed by atoms with Crippen LogP contribution in [-0.2, 0) is 63.9 Å². The third-order valence-corrected chi connectivity index (χ3v) is 19.6. The van der Waals surface area contributed by atoms with E-state index in [9.17, 15) is 50.8 Å². The molecule has 6 atom stereocenters. The number of ether oxygens (including phenoxy) is 7. The van der Waals surface area contributed by atoms with Crippen LogP contribution in [0.5, 0.6) is 23.0 Å². The van der Waals surface area contributed by atoms with E-state index in [2.05, 4.69) is 95.7 Å². The molecular formula is C72H90F2O16S2. The zero-order valence-corrected chi connectivity index (χ0v) is 57.2. The topological polar surface area (TPSA) is 227 Å². The van der Waals surface area contributed by atoms with Crippen LogP contribution in [0.15, 0.2) is 166 Å². The minimum absolute atomic E-state index is 0.0146. The lowest BCUT2D eigenvalue weighted by Crippen LogP contribution is -2.44. The maximum Gasteiger partial charge on any atom is 0.369 e. The summed E-state index contributed by atoms with van der Waals surface area (Å²) in [7, 11) is -5.87. The highest BCUT2D eigenvalue weighted by Crippen LogP contribution is 2.48. The normalized spacial score (nSPS) is 18.0. The Kier molecular flexibility index (Phi) is 25.8. The summed E-state index contributed by atoms with van der Waals surface area (Å²) in [5.41, 5.74) is -2.73. The molecule has 3 saturated heterocycles. The number of fused-ring (bicyclic) bond motifs is 2. The van der Waals surface area contributed by atoms with E-state index in [0.717, 1.165) is 17.6 Å². The van der Waals surface area contributed by atoms with Crippen LogP contribution < -0.4 is 14.2 Å². The van der Waals surface area contributed by atoms with Gasteiger partial charge in [-0.1, -0.05) is 107 Å². The van der Waals surface area contributed by atoms with E-state index in [1.165, 1.54) is 28.5 Å². The van der Waals surface area contributed by atoms with Crippen LogP contribution in [0.3, 0.4) is 0 Å². The maximum atomic E-state index is 13.0. The monoisotopic (exact) mass is 1310 g/mol. The standard InChI is InChI=1S/C18H15S.C16H18O3.C16H24O3.C13H18O5.C9H16F2O5S/c1-4-10-16(11-5-1)19(17-12-6-2-7-13-17)18-14-8-3-9-15-18;1-4-16(2,3)15(18)19-14-10-9-13(17)11-7-5-6-8-12(11)14;1-7-16(5,6)14(17)18-12-8-10-13(11-9-12)19-15(2,3)4;1-4-13(2,3)12(15)18-9-7-5-6-8(16-7)10(9)17-11(6)14;1-5-8(3,4)7(12)16-6(2)9(10,11)17(13,14)15/h1-15H;5-10,17H,4H2,1-3H3;8-11H,7H2,1-6H3;6-10H,4-5H2,1-3H3;6H,5H2,1-4H3,(H,13,14,15)/q+1;;;;/p-1. The Labute approximate surface area is 544 Å². The van der Waals surface area contributed by atoms with Crippen molar-refractivity contribution in [3.63, 3.8) is 0 Å². The molecule has 92 heavy (non-hydrogen) atoms. The molecule has 6 aromatic carbocycles. The van der Waals surface area contributed by atoms with Crippen molar-refractivity contribution in [3.05, 3.63) is 152 Å². The highest BCUT2D eigenvalue weighted by Gasteiger charge is 2.65. The van der Waals surface area contributed by atoms with Crippen molar-refractivity contribution in [1.82, 2.24) is 0 Å². The Morgan fingerprint density at radius 2 is 0.989 bits per heavy atom. The molecule has 0 radical (unpaired) electrons. The van der Waals surface area contributed by atoms with E-state index in [1.54, 1.807) is 37.3 Å². The van der Waals surface area contributed by atoms with E-state index in [1.807, 2.05) is 113 Å². The van der Waals surface area contributed by atoms with Crippen LogP contribution in [0.2, 0.25) is 0 Å². The Hall–Kier alpha value is -7.39. The fourth-order valence-corrected chi connectivity index (χ4v) is 11.2. The number of phenolic OH excluding ortho intramolecular Hbond substituents is 1. The number of alkyl halides is 2. The van der Waals surface area contributed by atoms with Gasteiger partial charge in [-0.25, -0.2) is 8.42 Å². The number of phenols is 1. The van der Waals surface area contributed by atoms with Crippen molar-refractivity contribution in [2.75, 3.05) is 0 Å². The molecule has 6 unspecified atom stereocenters. The lowest BCUT2D eigenvalue weighted by Gasteiger charge is -2.29. The number of benzene rings is 6. The molecular weight excluding hydrogens is 1220 g/mol. The molecule has 3 fully saturated rings. The lowest BCUT2D eigenvalue weighted by molar-refractivity contribution is -0.170. The predicted octanol–water partition coefficient (Wildman–Crippen LogP) is 15.4. The predicted molar refractivity (Wildman–Crippen MR) is 348 cm³/mol. The first kappa shape index (κ1) is 75.3. The Morgan fingerprint density at radius 1 is 0.576 bits per heavy atom. The molecule has 1 N–H and O–H groups in total. The van der Waals surface area contributed by atoms with Gasteiger partial charge >= 0.3 is 35.1 Å². The fourth-order valence-electron chi connectivity index (χ4n) is 8.67. The average molecular weight is 1310 g/mol. The lowest BCUT2D eigenvalue weighted by atomic mass is 9.87. The quantitative estimate of drug-likeness (QED) is 0.0277. The second kappa shape index (κ2) is 31.5. The van der Waals surface area contributed by atoms with Crippen molar-refractivity contribution < 1.29 is 84.0 Å². The smallest absolute Gasteiger partial charge is 0.369 e. The van der Waals surface area contributed by atoms with E-state index < -0.39 is 61.3 Å². The molecule has 6 aromatic rings. The van der Waals surface area contributed by atoms with Crippen molar-refractivity contribution in [3.8, 4) is 23.0 Å². The largest absolute Gasteiger partial charge is 0.743 e. The molecule has 0 aliphatic carbocycles. The highest BCUT2D eigenvalue weighted by molar-refractivity contribution is 7.97. The number of carbonyl (C=O) groups is 5. The first-order valence-corrected chi connectivity index (χ1v) is 33.4. The zero-order chi connectivity index (χ0) is 68.8. The van der Waals surface area contributed by atoms with Crippen molar-refractivity contribution >= 4 is 61.6 Å². The van der Waals surface area contributed by atoms with Crippen LogP contribution in [0.1, 0.15) is 143 Å². The van der Waals surface area contributed by atoms with E-state index in [0.29, 0.717) is 49.5 Å². The summed E-state index contributed by atoms with van der Waals surface area (Å²) in [5, 5.41) is 6.58. The zero-order valence-electron chi connectivity index (χ0n) is 55.6. The summed E-state index contributed by atoms with van der Waals surface area (Å²) in [4.78, 5) is 63.1. The van der Waals surface area contributed by atoms with Gasteiger partial charge in [-0.3, -0.25) is 24.0 Å². The highest BCUT2D eigenvalue weighted by atomic mass is 32.2. The van der Waals surface area contributed by atoms with Gasteiger partial charge in [0.25, 0.3) is 0 Å². The fraction of sp³-hybridized carbons (Fsp3) is 0.458. The van der Waals surface area contributed by atoms with Gasteiger partial charge in [-0.05, 0) is 188 Å². The van der Waals surface area contributed by atoms with Gasteiger partial charge in [0.15, 0.2) is 43.1 Å². The van der Waals surface area contributed by atoms with Crippen molar-refractivity contribution in [1.29, 1.82) is 0 Å². The first-order chi connectivity index (χ1) is 42.8. The summed E-state index contributed by atoms with van der Waals surface area (Å²) in [6.07, 6.45) is -0.395. The number of rotatable bonds is 18. The molecule has 0 saturated carbocycles. The van der Waals surface area contributed by atoms with Gasteiger partial charge in [-0.15, -0.1) is 0 Å². The minimum Gasteiger partial charge on any atom is -0.743 e. The van der Waals surface area contributed by atoms with Gasteiger partial charge in [0, 0.05) is 10.8 Å². The molecule has 3 aliphatic rings. The number of esters is 5. The maximum absolute atomic E-state index is 13.0. The third-order valence-electron chi connectivity index (χ3n) is 16.3. The van der Waals surface area contributed by atoms with Crippen LogP contribution >= 0.6 is 0 Å². The molecule has 9 rings (SSSR count). The van der Waals surface area contributed by atoms with Gasteiger partial charge in [-0.2, -0.15) is 8.78 Å². The molecule has 0 amide bonds. The SMILES string of the molecule is CCC(C)(C)C(=O)OC(C)C(F)(F)S(=O)(=O)[O-].CCC(C)(C)C(=O)OC1C2CC3C(=O)OC1C3O2.CCC(C)(C)C(=O)Oc1ccc(O)c2ccccc12.CCC(C)(C)C(=O)Oc1ccc(OC(C)(C)C)cc1.c1ccc([S+](c2ccccc2)c2ccccc2)cc1. The third kappa shape index (κ3) is 19.8. The van der Waals surface area contributed by atoms with E-state index in [-0.39, 0.29) is 64.2 Å². The van der Waals surface area contributed by atoms with Gasteiger partial charge in [0.2, 0.25) is 0 Å². The molecule has 16 nitrogen and oxygen atoms in total. The number of carbonyl (C=O) groups excluding carboxylic acids is 5. The van der Waals surface area contributed by atoms with Crippen LogP contribution in [-0.4, -0.2) is 89.3 Å². The minimum atomic E-state index is -5.86. The second-order valence-electron chi connectivity index (χ2n) is 26.1. The summed E-state index contributed by atoms with van der Waals surface area (Å²) in [6.45, 7) is 28.3. The van der Waals surface area contributed by atoms with Crippen LogP contribution in [0, 0.1) is 27.6 Å². The van der Waals surface area contributed by atoms with Crippen LogP contribution in [0.4, 0.5) is 8.78 Å². The summed E-state index contributed by atoms with van der Waals surface area (Å²) in [5.74, 6) is -0.0540. The molecule has 0 spiro atoms. The number of hydrogen-bond acceptors (Lipinski definition) is 16. The average Bonchev–Trinajstić information content (AvgIpc) is 1.57. The Bertz CT molecular complexity index is 3440.